The van der Waals surface area contributed by atoms with Gasteiger partial charge in [0.15, 0.2) is 0 Å². The second-order valence-corrected chi connectivity index (χ2v) is 2.91. The van der Waals surface area contributed by atoms with E-state index in [1.165, 1.54) is 0 Å². The molecule has 0 aromatic carbocycles. The molecule has 1 unspecified atom stereocenters. The molecule has 0 fully saturated rings. The number of carbonyl (C=O) groups excluding carboxylic acids is 1. The first-order valence-corrected chi connectivity index (χ1v) is 3.50. The average molecular weight is 166 g/mol. The number of alkyl halides is 1. The van der Waals surface area contributed by atoms with Crippen molar-refractivity contribution in [3.05, 3.63) is 0 Å². The molecule has 0 saturated heterocycles. The molecule has 50 valence electrons. The third-order valence-corrected chi connectivity index (χ3v) is 2.19. The zero-order chi connectivity index (χ0) is 6.91. The van der Waals surface area contributed by atoms with Crippen LogP contribution in [-0.2, 0) is 4.79 Å². The normalized spacial score (nSPS) is 33.0. The minimum atomic E-state index is -1.27. The first-order chi connectivity index (χ1) is 4.15. The molecule has 1 atom stereocenters. The van der Waals surface area contributed by atoms with Gasteiger partial charge >= 0.3 is 0 Å². The van der Waals surface area contributed by atoms with Crippen molar-refractivity contribution in [2.45, 2.75) is 5.00 Å². The first kappa shape index (κ1) is 6.82. The van der Waals surface area contributed by atoms with E-state index in [1.807, 2.05) is 0 Å². The van der Waals surface area contributed by atoms with Crippen LogP contribution in [0.25, 0.3) is 0 Å². The molecule has 2 N–H and O–H groups in total. The lowest BCUT2D eigenvalue weighted by Gasteiger charge is -2.07. The third kappa shape index (κ3) is 1.16. The fourth-order valence-electron chi connectivity index (χ4n) is 0.357. The van der Waals surface area contributed by atoms with E-state index in [1.54, 1.807) is 0 Å². The van der Waals surface area contributed by atoms with Crippen LogP contribution in [0.4, 0.5) is 0 Å². The van der Waals surface area contributed by atoms with Crippen molar-refractivity contribution in [2.24, 2.45) is 15.4 Å². The summed E-state index contributed by atoms with van der Waals surface area (Å²) in [5.41, 5.74) is 4.89. The van der Waals surface area contributed by atoms with Crippen LogP contribution in [0.5, 0.6) is 0 Å². The highest BCUT2D eigenvalue weighted by Gasteiger charge is 2.37. The molecule has 0 bridgehead atoms. The second kappa shape index (κ2) is 2.15. The van der Waals surface area contributed by atoms with Crippen LogP contribution in [0.1, 0.15) is 0 Å². The molecular formula is C3H4ClN3OS. The summed E-state index contributed by atoms with van der Waals surface area (Å²) >= 11 is 6.68. The third-order valence-electron chi connectivity index (χ3n) is 0.890. The Labute approximate surface area is 61.0 Å². The molecular weight excluding hydrogens is 162 g/mol. The van der Waals surface area contributed by atoms with Crippen LogP contribution >= 0.6 is 23.5 Å². The molecule has 0 aromatic heterocycles. The topological polar surface area (TPSA) is 67.8 Å². The highest BCUT2D eigenvalue weighted by Crippen LogP contribution is 2.30. The van der Waals surface area contributed by atoms with E-state index in [2.05, 4.69) is 9.63 Å². The maximum atomic E-state index is 10.4. The summed E-state index contributed by atoms with van der Waals surface area (Å²) in [7, 11) is 0. The monoisotopic (exact) mass is 165 g/mol. The standard InChI is InChI=1S/C3H4ClN3OS/c4-3(2(5)8)1-9-7-6-3/h1H2,(H2,5,8). The summed E-state index contributed by atoms with van der Waals surface area (Å²) in [5, 5.41) is 3.45. The van der Waals surface area contributed by atoms with Crippen LogP contribution < -0.4 is 5.73 Å². The van der Waals surface area contributed by atoms with Crippen molar-refractivity contribution in [1.82, 2.24) is 0 Å². The van der Waals surface area contributed by atoms with Crippen molar-refractivity contribution in [3.8, 4) is 0 Å². The summed E-state index contributed by atoms with van der Waals surface area (Å²) in [6.45, 7) is 0. The Morgan fingerprint density at radius 1 is 1.89 bits per heavy atom. The van der Waals surface area contributed by atoms with E-state index in [4.69, 9.17) is 17.3 Å². The lowest BCUT2D eigenvalue weighted by Crippen LogP contribution is -2.37. The summed E-state index contributed by atoms with van der Waals surface area (Å²) < 4.78 is 3.47. The molecule has 1 aliphatic heterocycles. The van der Waals surface area contributed by atoms with Gasteiger partial charge in [-0.2, -0.15) is 0 Å². The number of rotatable bonds is 1. The van der Waals surface area contributed by atoms with Crippen molar-refractivity contribution in [2.75, 3.05) is 5.75 Å². The minimum Gasteiger partial charge on any atom is -0.366 e. The van der Waals surface area contributed by atoms with Crippen LogP contribution in [0.3, 0.4) is 0 Å². The van der Waals surface area contributed by atoms with Crippen molar-refractivity contribution in [1.29, 1.82) is 0 Å². The van der Waals surface area contributed by atoms with Crippen molar-refractivity contribution < 1.29 is 4.79 Å². The number of nitrogens with two attached hydrogens (primary N) is 1. The Morgan fingerprint density at radius 2 is 2.56 bits per heavy atom. The van der Waals surface area contributed by atoms with Gasteiger partial charge in [-0.25, -0.2) is 0 Å². The molecule has 6 heteroatoms. The number of amides is 1. The SMILES string of the molecule is NC(=O)C1(Cl)CSN=N1. The van der Waals surface area contributed by atoms with E-state index in [9.17, 15) is 4.79 Å². The van der Waals surface area contributed by atoms with Gasteiger partial charge in [-0.05, 0) is 0 Å². The van der Waals surface area contributed by atoms with Crippen LogP contribution in [0.15, 0.2) is 9.63 Å². The Hall–Kier alpha value is -0.290. The molecule has 4 nitrogen and oxygen atoms in total. The van der Waals surface area contributed by atoms with Gasteiger partial charge in [0, 0.05) is 11.9 Å². The second-order valence-electron chi connectivity index (χ2n) is 1.58. The first-order valence-electron chi connectivity index (χ1n) is 2.18. The number of nitrogens with zero attached hydrogens (tertiary/aromatic N) is 2. The van der Waals surface area contributed by atoms with E-state index in [0.717, 1.165) is 11.9 Å². The van der Waals surface area contributed by atoms with Gasteiger partial charge in [0.2, 0.25) is 5.00 Å². The Kier molecular flexibility index (Phi) is 1.63. The maximum Gasteiger partial charge on any atom is 0.263 e. The largest absolute Gasteiger partial charge is 0.366 e. The fourth-order valence-corrected chi connectivity index (χ4v) is 1.21. The summed E-state index contributed by atoms with van der Waals surface area (Å²) in [4.78, 5) is 9.17. The van der Waals surface area contributed by atoms with Gasteiger partial charge in [0.1, 0.15) is 0 Å². The van der Waals surface area contributed by atoms with Crippen molar-refractivity contribution >= 4 is 29.5 Å². The van der Waals surface area contributed by atoms with E-state index < -0.39 is 10.9 Å². The number of hydrogen-bond donors (Lipinski definition) is 1. The molecule has 0 aromatic rings. The van der Waals surface area contributed by atoms with Crippen LogP contribution in [-0.4, -0.2) is 16.7 Å². The lowest BCUT2D eigenvalue weighted by atomic mass is 10.3. The maximum absolute atomic E-state index is 10.4. The van der Waals surface area contributed by atoms with E-state index >= 15 is 0 Å². The highest BCUT2D eigenvalue weighted by atomic mass is 35.5. The van der Waals surface area contributed by atoms with Gasteiger partial charge in [-0.3, -0.25) is 4.79 Å². The van der Waals surface area contributed by atoms with Crippen molar-refractivity contribution in [3.63, 3.8) is 0 Å². The minimum absolute atomic E-state index is 0.337. The molecule has 1 rings (SSSR count). The molecule has 0 aliphatic carbocycles. The molecule has 0 spiro atoms. The number of primary amides is 1. The molecule has 0 radical (unpaired) electrons. The van der Waals surface area contributed by atoms with E-state index in [-0.39, 0.29) is 0 Å². The van der Waals surface area contributed by atoms with Gasteiger partial charge < -0.3 is 5.73 Å². The number of hydrogen-bond acceptors (Lipinski definition) is 4. The zero-order valence-electron chi connectivity index (χ0n) is 4.37. The Morgan fingerprint density at radius 3 is 2.78 bits per heavy atom. The molecule has 1 heterocycles. The smallest absolute Gasteiger partial charge is 0.263 e. The fraction of sp³-hybridized carbons (Fsp3) is 0.667. The number of carbonyl (C=O) groups is 1. The average Bonchev–Trinajstić information content (AvgIpc) is 2.16. The van der Waals surface area contributed by atoms with Crippen LogP contribution in [0.2, 0.25) is 0 Å². The van der Waals surface area contributed by atoms with Gasteiger partial charge in [0.25, 0.3) is 5.91 Å². The highest BCUT2D eigenvalue weighted by molar-refractivity contribution is 7.98. The Balaban J connectivity index is 2.74. The summed E-state index contributed by atoms with van der Waals surface area (Å²) in [6, 6.07) is 0. The predicted molar refractivity (Wildman–Crippen MR) is 35.1 cm³/mol. The molecule has 1 amide bonds. The summed E-state index contributed by atoms with van der Waals surface area (Å²) in [6.07, 6.45) is 0. The molecule has 0 saturated carbocycles. The number of halogens is 1. The van der Waals surface area contributed by atoms with Gasteiger partial charge in [-0.15, -0.1) is 9.63 Å². The lowest BCUT2D eigenvalue weighted by molar-refractivity contribution is -0.119. The zero-order valence-corrected chi connectivity index (χ0v) is 5.95. The van der Waals surface area contributed by atoms with E-state index in [0.29, 0.717) is 5.75 Å². The molecule has 9 heavy (non-hydrogen) atoms. The Bertz CT molecular complexity index is 172. The predicted octanol–water partition coefficient (Wildman–Crippen LogP) is 0.521. The van der Waals surface area contributed by atoms with Crippen LogP contribution in [0, 0.1) is 0 Å². The molecule has 1 aliphatic rings. The summed E-state index contributed by atoms with van der Waals surface area (Å²) in [5.74, 6) is -0.304. The van der Waals surface area contributed by atoms with Gasteiger partial charge in [0.05, 0.1) is 5.75 Å². The quantitative estimate of drug-likeness (QED) is 0.350. The van der Waals surface area contributed by atoms with Gasteiger partial charge in [-0.1, -0.05) is 11.6 Å².